The third-order valence-corrected chi connectivity index (χ3v) is 6.21. The van der Waals surface area contributed by atoms with E-state index in [2.05, 4.69) is 5.32 Å². The number of benzene rings is 1. The van der Waals surface area contributed by atoms with Crippen molar-refractivity contribution in [2.24, 2.45) is 11.3 Å². The highest BCUT2D eigenvalue weighted by Gasteiger charge is 2.39. The van der Waals surface area contributed by atoms with Gasteiger partial charge in [0.25, 0.3) is 5.91 Å². The van der Waals surface area contributed by atoms with Crippen LogP contribution in [0.15, 0.2) is 18.2 Å². The Hall–Kier alpha value is -1.06. The van der Waals surface area contributed by atoms with Crippen LogP contribution in [0.4, 0.5) is 0 Å². The quantitative estimate of drug-likeness (QED) is 0.801. The van der Waals surface area contributed by atoms with Crippen LogP contribution in [0.25, 0.3) is 0 Å². The standard InChI is InChI=1S/C20H28ClNO2/c21-18-8-7-15(6-3-11-23)12-17(18)19(24)22-14-20-9-1-4-16(13-20)5-2-10-20/h7-8,12,16,23H,1-6,9-11,13-14H2,(H,22,24). The molecule has 0 radical (unpaired) electrons. The maximum absolute atomic E-state index is 12.6. The first-order valence-corrected chi connectivity index (χ1v) is 9.67. The van der Waals surface area contributed by atoms with Gasteiger partial charge in [0.15, 0.2) is 0 Å². The van der Waals surface area contributed by atoms with Gasteiger partial charge in [0, 0.05) is 13.2 Å². The summed E-state index contributed by atoms with van der Waals surface area (Å²) in [5.41, 5.74) is 1.93. The Morgan fingerprint density at radius 3 is 2.75 bits per heavy atom. The minimum Gasteiger partial charge on any atom is -0.396 e. The van der Waals surface area contributed by atoms with Gasteiger partial charge in [0.05, 0.1) is 10.6 Å². The Balaban J connectivity index is 1.64. The Morgan fingerprint density at radius 1 is 1.29 bits per heavy atom. The number of hydrogen-bond donors (Lipinski definition) is 2. The second kappa shape index (κ2) is 7.88. The van der Waals surface area contributed by atoms with Crippen molar-refractivity contribution in [3.8, 4) is 0 Å². The lowest BCUT2D eigenvalue weighted by Crippen LogP contribution is -2.43. The zero-order valence-electron chi connectivity index (χ0n) is 14.3. The van der Waals surface area contributed by atoms with E-state index in [9.17, 15) is 4.79 Å². The largest absolute Gasteiger partial charge is 0.396 e. The monoisotopic (exact) mass is 349 g/mol. The minimum absolute atomic E-state index is 0.0621. The van der Waals surface area contributed by atoms with Gasteiger partial charge in [-0.2, -0.15) is 0 Å². The molecule has 0 unspecified atom stereocenters. The van der Waals surface area contributed by atoms with Gasteiger partial charge in [-0.3, -0.25) is 4.79 Å². The van der Waals surface area contributed by atoms with Crippen molar-refractivity contribution in [3.05, 3.63) is 34.3 Å². The summed E-state index contributed by atoms with van der Waals surface area (Å²) in [4.78, 5) is 12.6. The fraction of sp³-hybridized carbons (Fsp3) is 0.650. The molecule has 0 spiro atoms. The lowest BCUT2D eigenvalue weighted by atomic mass is 9.62. The molecule has 2 saturated carbocycles. The lowest BCUT2D eigenvalue weighted by molar-refractivity contribution is 0.0682. The van der Waals surface area contributed by atoms with Crippen LogP contribution in [0.5, 0.6) is 0 Å². The molecule has 2 N–H and O–H groups in total. The number of amides is 1. The van der Waals surface area contributed by atoms with Crippen LogP contribution < -0.4 is 5.32 Å². The highest BCUT2D eigenvalue weighted by atomic mass is 35.5. The molecule has 0 saturated heterocycles. The van der Waals surface area contributed by atoms with Crippen molar-refractivity contribution < 1.29 is 9.90 Å². The highest BCUT2D eigenvalue weighted by molar-refractivity contribution is 6.33. The molecule has 1 amide bonds. The van der Waals surface area contributed by atoms with Gasteiger partial charge in [-0.15, -0.1) is 0 Å². The summed E-state index contributed by atoms with van der Waals surface area (Å²) in [6, 6.07) is 5.59. The first kappa shape index (κ1) is 17.8. The van der Waals surface area contributed by atoms with E-state index < -0.39 is 0 Å². The van der Waals surface area contributed by atoms with Crippen LogP contribution >= 0.6 is 11.6 Å². The average molecular weight is 350 g/mol. The molecule has 1 aromatic rings. The summed E-state index contributed by atoms with van der Waals surface area (Å²) in [6.45, 7) is 0.938. The molecule has 24 heavy (non-hydrogen) atoms. The van der Waals surface area contributed by atoms with Crippen LogP contribution in [0.1, 0.15) is 67.3 Å². The first-order valence-electron chi connectivity index (χ1n) is 9.29. The van der Waals surface area contributed by atoms with E-state index in [1.807, 2.05) is 12.1 Å². The number of rotatable bonds is 6. The van der Waals surface area contributed by atoms with Gasteiger partial charge < -0.3 is 10.4 Å². The normalized spacial score (nSPS) is 26.2. The molecule has 3 rings (SSSR count). The summed E-state index contributed by atoms with van der Waals surface area (Å²) < 4.78 is 0. The molecule has 2 bridgehead atoms. The number of nitrogens with one attached hydrogen (secondary N) is 1. The molecule has 2 fully saturated rings. The van der Waals surface area contributed by atoms with E-state index in [1.165, 1.54) is 44.9 Å². The van der Waals surface area contributed by atoms with E-state index >= 15 is 0 Å². The molecule has 0 aliphatic heterocycles. The summed E-state index contributed by atoms with van der Waals surface area (Å²) in [6.07, 6.45) is 10.6. The molecule has 0 heterocycles. The highest BCUT2D eigenvalue weighted by Crippen LogP contribution is 2.48. The predicted octanol–water partition coefficient (Wildman–Crippen LogP) is 4.36. The molecule has 132 valence electrons. The zero-order valence-corrected chi connectivity index (χ0v) is 15.1. The van der Waals surface area contributed by atoms with Crippen molar-refractivity contribution in [2.75, 3.05) is 13.2 Å². The van der Waals surface area contributed by atoms with E-state index in [0.717, 1.165) is 24.4 Å². The van der Waals surface area contributed by atoms with Crippen LogP contribution in [0.3, 0.4) is 0 Å². The van der Waals surface area contributed by atoms with Gasteiger partial charge in [-0.05, 0) is 61.1 Å². The third kappa shape index (κ3) is 4.12. The van der Waals surface area contributed by atoms with Crippen LogP contribution in [0, 0.1) is 11.3 Å². The Morgan fingerprint density at radius 2 is 2.04 bits per heavy atom. The topological polar surface area (TPSA) is 49.3 Å². The maximum atomic E-state index is 12.6. The smallest absolute Gasteiger partial charge is 0.252 e. The third-order valence-electron chi connectivity index (χ3n) is 5.88. The summed E-state index contributed by atoms with van der Waals surface area (Å²) >= 11 is 6.24. The number of hydrogen-bond acceptors (Lipinski definition) is 2. The Kier molecular flexibility index (Phi) is 5.83. The molecule has 2 aliphatic rings. The van der Waals surface area contributed by atoms with Crippen molar-refractivity contribution in [2.45, 2.75) is 57.8 Å². The number of halogens is 1. The molecule has 2 aliphatic carbocycles. The maximum Gasteiger partial charge on any atom is 0.252 e. The molecule has 3 nitrogen and oxygen atoms in total. The fourth-order valence-electron chi connectivity index (χ4n) is 4.62. The van der Waals surface area contributed by atoms with Gasteiger partial charge in [-0.1, -0.05) is 43.4 Å². The number of aliphatic hydroxyl groups excluding tert-OH is 1. The number of fused-ring (bicyclic) bond motifs is 2. The van der Waals surface area contributed by atoms with Crippen molar-refractivity contribution in [3.63, 3.8) is 0 Å². The fourth-order valence-corrected chi connectivity index (χ4v) is 4.82. The summed E-state index contributed by atoms with van der Waals surface area (Å²) in [5, 5.41) is 12.6. The van der Waals surface area contributed by atoms with Crippen LogP contribution in [0.2, 0.25) is 5.02 Å². The van der Waals surface area contributed by atoms with Gasteiger partial charge >= 0.3 is 0 Å². The second-order valence-corrected chi connectivity index (χ2v) is 8.09. The second-order valence-electron chi connectivity index (χ2n) is 7.68. The summed E-state index contributed by atoms with van der Waals surface area (Å²) in [7, 11) is 0. The summed E-state index contributed by atoms with van der Waals surface area (Å²) in [5.74, 6) is 0.808. The van der Waals surface area contributed by atoms with E-state index in [0.29, 0.717) is 22.4 Å². The lowest BCUT2D eigenvalue weighted by Gasteiger charge is -2.45. The van der Waals surface area contributed by atoms with Crippen molar-refractivity contribution in [1.82, 2.24) is 5.32 Å². The number of aliphatic hydroxyl groups is 1. The SMILES string of the molecule is O=C(NCC12CCCC(CCC1)C2)c1cc(CCCO)ccc1Cl. The average Bonchev–Trinajstić information content (AvgIpc) is 2.59. The number of carbonyl (C=O) groups excluding carboxylic acids is 1. The molecule has 0 atom stereocenters. The molecule has 0 aromatic heterocycles. The van der Waals surface area contributed by atoms with E-state index in [1.54, 1.807) is 6.07 Å². The van der Waals surface area contributed by atoms with Crippen molar-refractivity contribution in [1.29, 1.82) is 0 Å². The Labute approximate surface area is 149 Å². The minimum atomic E-state index is -0.0621. The molecular formula is C20H28ClNO2. The first-order chi connectivity index (χ1) is 11.6. The molecule has 4 heteroatoms. The Bertz CT molecular complexity index is 577. The molecule has 1 aromatic carbocycles. The van der Waals surface area contributed by atoms with Crippen LogP contribution in [-0.4, -0.2) is 24.2 Å². The molecular weight excluding hydrogens is 322 g/mol. The van der Waals surface area contributed by atoms with Gasteiger partial charge in [-0.25, -0.2) is 0 Å². The van der Waals surface area contributed by atoms with E-state index in [4.69, 9.17) is 16.7 Å². The number of carbonyl (C=O) groups is 1. The van der Waals surface area contributed by atoms with E-state index in [-0.39, 0.29) is 12.5 Å². The van der Waals surface area contributed by atoms with Gasteiger partial charge in [0.2, 0.25) is 0 Å². The predicted molar refractivity (Wildman–Crippen MR) is 97.4 cm³/mol. The number of aryl methyl sites for hydroxylation is 1. The van der Waals surface area contributed by atoms with Crippen molar-refractivity contribution >= 4 is 17.5 Å². The zero-order chi connectivity index (χ0) is 17.0. The van der Waals surface area contributed by atoms with Gasteiger partial charge in [0.1, 0.15) is 0 Å². The van der Waals surface area contributed by atoms with Crippen LogP contribution in [-0.2, 0) is 6.42 Å².